The van der Waals surface area contributed by atoms with Gasteiger partial charge in [0.05, 0.1) is 0 Å². The Bertz CT molecular complexity index is 3960. The van der Waals surface area contributed by atoms with Gasteiger partial charge in [0.2, 0.25) is 0 Å². The molecule has 9 aromatic carbocycles. The Labute approximate surface area is 453 Å². The molecule has 3 nitrogen and oxygen atoms in total. The van der Waals surface area contributed by atoms with Gasteiger partial charge in [0.1, 0.15) is 0 Å². The largest absolute Gasteiger partial charge is 3.00 e. The fraction of sp³-hybridized carbons (Fsp3) is 0.0563. The van der Waals surface area contributed by atoms with Gasteiger partial charge in [-0.2, -0.15) is 0 Å². The standard InChI is InChI=1S/C71H50N3.Ir/c1-71(2,3)60-39-42-73-69(47-60)54-33-27-51(28-34-54)62-19-10-13-22-65(62)58-43-57(64-21-12-9-18-61(64)50-25-31-53(32-26-50)68-46-56(38-40-72-68)48-15-5-4-6-16-48)44-59(45-58)66-23-14-11-20-63(66)52-29-35-55(36-30-52)70-67-24-8-7-17-49(67)37-41-74-70;/h4-31,33,35,37-47H,1-3H3;/q-3;+3. The second-order valence-electron chi connectivity index (χ2n) is 19.8. The maximum absolute atomic E-state index is 4.80. The van der Waals surface area contributed by atoms with Crippen LogP contribution in [0.2, 0.25) is 0 Å². The van der Waals surface area contributed by atoms with Gasteiger partial charge < -0.3 is 15.0 Å². The molecular weight excluding hydrogens is 1090 g/mol. The third-order valence-electron chi connectivity index (χ3n) is 14.0. The monoisotopic (exact) mass is 1140 g/mol. The minimum atomic E-state index is 0. The summed E-state index contributed by atoms with van der Waals surface area (Å²) in [5.41, 5.74) is 22.4. The average Bonchev–Trinajstić information content (AvgIpc) is 3.47. The van der Waals surface area contributed by atoms with E-state index in [4.69, 9.17) is 15.0 Å². The molecule has 0 unspecified atom stereocenters. The van der Waals surface area contributed by atoms with Crippen molar-refractivity contribution in [2.24, 2.45) is 0 Å². The van der Waals surface area contributed by atoms with Gasteiger partial charge in [-0.1, -0.05) is 194 Å². The minimum absolute atomic E-state index is 0. The molecule has 0 aliphatic carbocycles. The van der Waals surface area contributed by atoms with Crippen LogP contribution in [0.1, 0.15) is 26.3 Å². The van der Waals surface area contributed by atoms with E-state index < -0.39 is 0 Å². The fourth-order valence-electron chi connectivity index (χ4n) is 10.1. The number of fused-ring (bicyclic) bond motifs is 1. The van der Waals surface area contributed by atoms with Gasteiger partial charge in [0.15, 0.2) is 0 Å². The summed E-state index contributed by atoms with van der Waals surface area (Å²) in [6.07, 6.45) is 5.66. The van der Waals surface area contributed by atoms with Crippen molar-refractivity contribution in [2.75, 3.05) is 0 Å². The van der Waals surface area contributed by atoms with Crippen LogP contribution in [-0.2, 0) is 25.5 Å². The Morgan fingerprint density at radius 1 is 0.320 bits per heavy atom. The molecule has 358 valence electrons. The smallest absolute Gasteiger partial charge is 0.305 e. The van der Waals surface area contributed by atoms with E-state index in [0.29, 0.717) is 0 Å². The third kappa shape index (κ3) is 10.1. The van der Waals surface area contributed by atoms with Crippen LogP contribution < -0.4 is 0 Å². The van der Waals surface area contributed by atoms with Crippen molar-refractivity contribution in [1.82, 2.24) is 15.0 Å². The van der Waals surface area contributed by atoms with E-state index in [2.05, 4.69) is 263 Å². The van der Waals surface area contributed by atoms with Crippen LogP contribution in [0.4, 0.5) is 0 Å². The van der Waals surface area contributed by atoms with Crippen LogP contribution in [-0.4, -0.2) is 15.0 Å². The SMILES string of the molecule is CC(C)(C)c1ccnc(-c2[c-]cc(-c3ccccc3-c3cc(-c4ccccc4-c4c[c-]c(-c5cc(-c6ccccc6)ccn5)cc4)cc(-c4ccccc4-c4c[c-]c(-c5nccc6ccccc56)cc4)c3)cc2)c1.[Ir+3]. The predicted octanol–water partition coefficient (Wildman–Crippen LogP) is 18.4. The molecule has 3 heterocycles. The van der Waals surface area contributed by atoms with E-state index in [1.807, 2.05) is 24.7 Å². The van der Waals surface area contributed by atoms with Crippen LogP contribution in [0.3, 0.4) is 0 Å². The number of rotatable bonds is 10. The van der Waals surface area contributed by atoms with E-state index in [1.54, 1.807) is 0 Å². The van der Waals surface area contributed by atoms with E-state index in [0.717, 1.165) is 122 Å². The second kappa shape index (κ2) is 21.1. The molecule has 0 amide bonds. The van der Waals surface area contributed by atoms with Crippen molar-refractivity contribution in [1.29, 1.82) is 0 Å². The fourth-order valence-corrected chi connectivity index (χ4v) is 10.1. The Morgan fingerprint density at radius 3 is 1.24 bits per heavy atom. The number of benzene rings is 9. The van der Waals surface area contributed by atoms with Crippen molar-refractivity contribution in [2.45, 2.75) is 26.2 Å². The first-order chi connectivity index (χ1) is 36.3. The van der Waals surface area contributed by atoms with Crippen LogP contribution in [0.15, 0.2) is 249 Å². The van der Waals surface area contributed by atoms with Crippen LogP contribution >= 0.6 is 0 Å². The molecule has 75 heavy (non-hydrogen) atoms. The van der Waals surface area contributed by atoms with Gasteiger partial charge in [-0.25, -0.2) is 0 Å². The maximum Gasteiger partial charge on any atom is 3.00 e. The molecule has 0 saturated carbocycles. The average molecular weight is 1140 g/mol. The normalized spacial score (nSPS) is 11.3. The topological polar surface area (TPSA) is 38.7 Å². The molecule has 0 N–H and O–H groups in total. The zero-order valence-corrected chi connectivity index (χ0v) is 44.2. The van der Waals surface area contributed by atoms with E-state index >= 15 is 0 Å². The van der Waals surface area contributed by atoms with Gasteiger partial charge in [-0.05, 0) is 120 Å². The number of aromatic nitrogens is 3. The van der Waals surface area contributed by atoms with Crippen molar-refractivity contribution in [3.05, 3.63) is 273 Å². The molecule has 0 aliphatic rings. The first-order valence-electron chi connectivity index (χ1n) is 25.1. The third-order valence-corrected chi connectivity index (χ3v) is 14.0. The summed E-state index contributed by atoms with van der Waals surface area (Å²) in [6, 6.07) is 92.7. The Hall–Kier alpha value is -8.66. The molecule has 12 aromatic rings. The van der Waals surface area contributed by atoms with Gasteiger partial charge >= 0.3 is 20.1 Å². The summed E-state index contributed by atoms with van der Waals surface area (Å²) in [4.78, 5) is 14.3. The molecule has 0 saturated heterocycles. The summed E-state index contributed by atoms with van der Waals surface area (Å²) >= 11 is 0. The van der Waals surface area contributed by atoms with Crippen LogP contribution in [0, 0.1) is 18.2 Å². The first kappa shape index (κ1) is 48.6. The van der Waals surface area contributed by atoms with Crippen LogP contribution in [0.25, 0.3) is 122 Å². The number of hydrogen-bond acceptors (Lipinski definition) is 3. The zero-order valence-electron chi connectivity index (χ0n) is 41.8. The molecule has 0 radical (unpaired) electrons. The number of nitrogens with zero attached hydrogens (tertiary/aromatic N) is 3. The number of hydrogen-bond donors (Lipinski definition) is 0. The second-order valence-corrected chi connectivity index (χ2v) is 19.8. The van der Waals surface area contributed by atoms with E-state index in [1.165, 1.54) is 5.56 Å². The molecule has 0 fully saturated rings. The van der Waals surface area contributed by atoms with Crippen LogP contribution in [0.5, 0.6) is 0 Å². The molecule has 0 atom stereocenters. The van der Waals surface area contributed by atoms with Crippen molar-refractivity contribution >= 4 is 10.8 Å². The minimum Gasteiger partial charge on any atom is -0.305 e. The Balaban J connectivity index is 0.00000602. The summed E-state index contributed by atoms with van der Waals surface area (Å²) in [5, 5.41) is 2.27. The maximum atomic E-state index is 4.80. The predicted molar refractivity (Wildman–Crippen MR) is 307 cm³/mol. The zero-order chi connectivity index (χ0) is 50.0. The van der Waals surface area contributed by atoms with Gasteiger partial charge in [0, 0.05) is 18.6 Å². The van der Waals surface area contributed by atoms with Gasteiger partial charge in [0.25, 0.3) is 0 Å². The summed E-state index contributed by atoms with van der Waals surface area (Å²) in [5.74, 6) is 0. The molecular formula is C71H50IrN3. The van der Waals surface area contributed by atoms with Crippen molar-refractivity contribution in [3.8, 4) is 112 Å². The summed E-state index contributed by atoms with van der Waals surface area (Å²) in [7, 11) is 0. The molecule has 3 aromatic heterocycles. The van der Waals surface area contributed by atoms with Gasteiger partial charge in [-0.15, -0.1) is 89.5 Å². The quantitative estimate of drug-likeness (QED) is 0.128. The summed E-state index contributed by atoms with van der Waals surface area (Å²) in [6.45, 7) is 6.70. The van der Waals surface area contributed by atoms with Gasteiger partial charge in [-0.3, -0.25) is 0 Å². The Morgan fingerprint density at radius 2 is 0.747 bits per heavy atom. The molecule has 4 heteroatoms. The Kier molecular flexibility index (Phi) is 13.6. The summed E-state index contributed by atoms with van der Waals surface area (Å²) < 4.78 is 0. The van der Waals surface area contributed by atoms with E-state index in [9.17, 15) is 0 Å². The molecule has 0 bridgehead atoms. The molecule has 0 aliphatic heterocycles. The number of pyridine rings is 3. The molecule has 0 spiro atoms. The van der Waals surface area contributed by atoms with Crippen molar-refractivity contribution < 1.29 is 20.1 Å². The van der Waals surface area contributed by atoms with E-state index in [-0.39, 0.29) is 25.5 Å². The molecule has 12 rings (SSSR count). The van der Waals surface area contributed by atoms with Crippen molar-refractivity contribution in [3.63, 3.8) is 0 Å². The first-order valence-corrected chi connectivity index (χ1v) is 25.1.